The zero-order valence-corrected chi connectivity index (χ0v) is 14.9. The summed E-state index contributed by atoms with van der Waals surface area (Å²) in [5, 5.41) is 3.32. The van der Waals surface area contributed by atoms with Crippen molar-refractivity contribution in [3.05, 3.63) is 83.8 Å². The van der Waals surface area contributed by atoms with Crippen LogP contribution in [0.1, 0.15) is 18.1 Å². The van der Waals surface area contributed by atoms with E-state index in [9.17, 15) is 4.39 Å². The quantitative estimate of drug-likeness (QED) is 0.658. The molecule has 4 nitrogen and oxygen atoms in total. The average molecular weight is 350 g/mol. The van der Waals surface area contributed by atoms with E-state index in [-0.39, 0.29) is 5.82 Å². The highest BCUT2D eigenvalue weighted by Gasteiger charge is 2.09. The van der Waals surface area contributed by atoms with E-state index < -0.39 is 0 Å². The maximum absolute atomic E-state index is 12.9. The second kappa shape index (κ2) is 8.94. The summed E-state index contributed by atoms with van der Waals surface area (Å²) in [4.78, 5) is 11.2. The number of rotatable bonds is 8. The molecule has 0 spiro atoms. The summed E-state index contributed by atoms with van der Waals surface area (Å²) in [5.41, 5.74) is 2.32. The molecule has 2 aromatic carbocycles. The molecule has 3 aromatic rings. The number of halogens is 1. The third kappa shape index (κ3) is 5.02. The monoisotopic (exact) mass is 350 g/mol. The van der Waals surface area contributed by atoms with Crippen LogP contribution in [0, 0.1) is 5.82 Å². The number of hydrogen-bond acceptors (Lipinski definition) is 4. The molecule has 0 fully saturated rings. The number of nitrogens with zero attached hydrogens (tertiary/aromatic N) is 3. The fourth-order valence-corrected chi connectivity index (χ4v) is 2.71. The predicted molar refractivity (Wildman–Crippen MR) is 104 cm³/mol. The highest BCUT2D eigenvalue weighted by molar-refractivity contribution is 5.42. The second-order valence-corrected chi connectivity index (χ2v) is 6.04. The molecule has 0 atom stereocenters. The predicted octanol–water partition coefficient (Wildman–Crippen LogP) is 4.30. The molecule has 0 aliphatic heterocycles. The third-order valence-corrected chi connectivity index (χ3v) is 4.16. The number of aromatic nitrogens is 2. The van der Waals surface area contributed by atoms with Crippen molar-refractivity contribution < 1.29 is 4.39 Å². The molecule has 3 rings (SSSR count). The highest BCUT2D eigenvalue weighted by Crippen LogP contribution is 2.14. The summed E-state index contributed by atoms with van der Waals surface area (Å²) in [7, 11) is 0. The molecule has 0 aliphatic carbocycles. The van der Waals surface area contributed by atoms with Crippen LogP contribution in [0.25, 0.3) is 0 Å². The van der Waals surface area contributed by atoms with Gasteiger partial charge in [-0.2, -0.15) is 4.98 Å². The Morgan fingerprint density at radius 3 is 2.46 bits per heavy atom. The maximum atomic E-state index is 12.9. The van der Waals surface area contributed by atoms with Crippen molar-refractivity contribution in [2.75, 3.05) is 23.3 Å². The van der Waals surface area contributed by atoms with Crippen molar-refractivity contribution in [3.63, 3.8) is 0 Å². The lowest BCUT2D eigenvalue weighted by atomic mass is 10.1. The largest absolute Gasteiger partial charge is 0.370 e. The zero-order chi connectivity index (χ0) is 18.2. The van der Waals surface area contributed by atoms with Gasteiger partial charge in [-0.25, -0.2) is 9.37 Å². The molecule has 0 unspecified atom stereocenters. The van der Waals surface area contributed by atoms with Gasteiger partial charge in [0.2, 0.25) is 5.95 Å². The van der Waals surface area contributed by atoms with E-state index in [2.05, 4.69) is 39.2 Å². The Morgan fingerprint density at radius 1 is 0.962 bits per heavy atom. The molecule has 5 heteroatoms. The molecule has 0 saturated heterocycles. The van der Waals surface area contributed by atoms with Crippen molar-refractivity contribution in [2.24, 2.45) is 0 Å². The first-order chi connectivity index (χ1) is 12.7. The van der Waals surface area contributed by atoms with Crippen LogP contribution in [-0.2, 0) is 13.0 Å². The summed E-state index contributed by atoms with van der Waals surface area (Å²) in [6, 6.07) is 18.8. The van der Waals surface area contributed by atoms with E-state index in [0.29, 0.717) is 5.95 Å². The van der Waals surface area contributed by atoms with Gasteiger partial charge >= 0.3 is 0 Å². The molecule has 0 saturated carbocycles. The van der Waals surface area contributed by atoms with Crippen molar-refractivity contribution >= 4 is 11.8 Å². The Kier molecular flexibility index (Phi) is 6.14. The summed E-state index contributed by atoms with van der Waals surface area (Å²) >= 11 is 0. The molecule has 0 aliphatic rings. The van der Waals surface area contributed by atoms with Gasteiger partial charge in [0.05, 0.1) is 0 Å². The van der Waals surface area contributed by atoms with Gasteiger partial charge in [-0.1, -0.05) is 42.5 Å². The highest BCUT2D eigenvalue weighted by atomic mass is 19.1. The lowest BCUT2D eigenvalue weighted by Crippen LogP contribution is -2.24. The molecule has 1 N–H and O–H groups in total. The molecule has 0 amide bonds. The zero-order valence-electron chi connectivity index (χ0n) is 14.9. The van der Waals surface area contributed by atoms with Gasteiger partial charge in [0.15, 0.2) is 0 Å². The number of benzene rings is 2. The summed E-state index contributed by atoms with van der Waals surface area (Å²) in [6.45, 7) is 4.43. The van der Waals surface area contributed by atoms with Gasteiger partial charge in [0, 0.05) is 25.8 Å². The first-order valence-electron chi connectivity index (χ1n) is 8.85. The fraction of sp³-hybridized carbons (Fsp3) is 0.238. The van der Waals surface area contributed by atoms with E-state index in [1.165, 1.54) is 17.7 Å². The van der Waals surface area contributed by atoms with Crippen LogP contribution in [0.15, 0.2) is 66.9 Å². The molecule has 0 radical (unpaired) electrons. The van der Waals surface area contributed by atoms with Gasteiger partial charge in [0.25, 0.3) is 0 Å². The molecule has 1 heterocycles. The first kappa shape index (κ1) is 17.9. The van der Waals surface area contributed by atoms with Gasteiger partial charge in [-0.3, -0.25) is 0 Å². The van der Waals surface area contributed by atoms with Crippen LogP contribution in [0.4, 0.5) is 16.2 Å². The first-order valence-corrected chi connectivity index (χ1v) is 8.85. The van der Waals surface area contributed by atoms with Crippen LogP contribution in [0.3, 0.4) is 0 Å². The Hall–Kier alpha value is -2.95. The Bertz CT molecular complexity index is 806. The average Bonchev–Trinajstić information content (AvgIpc) is 2.69. The smallest absolute Gasteiger partial charge is 0.227 e. The Balaban J connectivity index is 1.60. The van der Waals surface area contributed by atoms with E-state index in [1.54, 1.807) is 18.3 Å². The Labute approximate surface area is 153 Å². The molecule has 1 aromatic heterocycles. The van der Waals surface area contributed by atoms with Crippen molar-refractivity contribution in [2.45, 2.75) is 19.9 Å². The van der Waals surface area contributed by atoms with Gasteiger partial charge in [-0.15, -0.1) is 0 Å². The maximum Gasteiger partial charge on any atom is 0.227 e. The molecule has 134 valence electrons. The minimum absolute atomic E-state index is 0.208. The molecular weight excluding hydrogens is 327 g/mol. The van der Waals surface area contributed by atoms with Gasteiger partial charge < -0.3 is 10.2 Å². The van der Waals surface area contributed by atoms with Gasteiger partial charge in [0.1, 0.15) is 11.6 Å². The molecule has 26 heavy (non-hydrogen) atoms. The van der Waals surface area contributed by atoms with Crippen LogP contribution < -0.4 is 10.2 Å². The van der Waals surface area contributed by atoms with Crippen LogP contribution in [0.2, 0.25) is 0 Å². The third-order valence-electron chi connectivity index (χ3n) is 4.16. The normalized spacial score (nSPS) is 10.5. The van der Waals surface area contributed by atoms with E-state index in [1.807, 2.05) is 24.3 Å². The Morgan fingerprint density at radius 2 is 1.73 bits per heavy atom. The van der Waals surface area contributed by atoms with Crippen LogP contribution in [-0.4, -0.2) is 23.1 Å². The minimum atomic E-state index is -0.208. The van der Waals surface area contributed by atoms with Crippen LogP contribution >= 0.6 is 0 Å². The van der Waals surface area contributed by atoms with Crippen molar-refractivity contribution in [3.8, 4) is 0 Å². The summed E-state index contributed by atoms with van der Waals surface area (Å²) in [6.07, 6.45) is 2.58. The molecular formula is C21H23FN4. The van der Waals surface area contributed by atoms with Gasteiger partial charge in [-0.05, 0) is 42.7 Å². The molecule has 0 bridgehead atoms. The number of anilines is 2. The summed E-state index contributed by atoms with van der Waals surface area (Å²) in [5.74, 6) is 1.30. The van der Waals surface area contributed by atoms with E-state index in [0.717, 1.165) is 37.4 Å². The lowest BCUT2D eigenvalue weighted by Gasteiger charge is -2.21. The fourth-order valence-electron chi connectivity index (χ4n) is 2.71. The lowest BCUT2D eigenvalue weighted by molar-refractivity contribution is 0.627. The van der Waals surface area contributed by atoms with E-state index in [4.69, 9.17) is 0 Å². The van der Waals surface area contributed by atoms with E-state index >= 15 is 0 Å². The van der Waals surface area contributed by atoms with Crippen molar-refractivity contribution in [1.29, 1.82) is 0 Å². The SMILES string of the molecule is CCN(Cc1ccccc1)c1nccc(NCCc2ccc(F)cc2)n1. The summed E-state index contributed by atoms with van der Waals surface area (Å²) < 4.78 is 12.9. The number of hydrogen-bond donors (Lipinski definition) is 1. The van der Waals surface area contributed by atoms with Crippen molar-refractivity contribution in [1.82, 2.24) is 9.97 Å². The minimum Gasteiger partial charge on any atom is -0.370 e. The standard InChI is InChI=1S/C21H23FN4/c1-2-26(16-18-6-4-3-5-7-18)21-24-15-13-20(25-21)23-14-12-17-8-10-19(22)11-9-17/h3-11,13,15H,2,12,14,16H2,1H3,(H,23,24,25). The topological polar surface area (TPSA) is 41.1 Å². The van der Waals surface area contributed by atoms with Crippen LogP contribution in [0.5, 0.6) is 0 Å². The second-order valence-electron chi connectivity index (χ2n) is 6.04. The number of nitrogens with one attached hydrogen (secondary N) is 1.